The van der Waals surface area contributed by atoms with Crippen LogP contribution in [0.15, 0.2) is 18.2 Å². The Morgan fingerprint density at radius 1 is 1.28 bits per heavy atom. The van der Waals surface area contributed by atoms with E-state index < -0.39 is 29.6 Å². The highest BCUT2D eigenvalue weighted by Crippen LogP contribution is 2.27. The van der Waals surface area contributed by atoms with Crippen molar-refractivity contribution in [3.63, 3.8) is 0 Å². The molecular formula is C13H16F2O3. The molecule has 0 radical (unpaired) electrons. The second kappa shape index (κ2) is 6.44. The summed E-state index contributed by atoms with van der Waals surface area (Å²) in [5.41, 5.74) is 0.0346. The number of carbonyl (C=O) groups is 1. The Bertz CT molecular complexity index is 400. The Balaban J connectivity index is 2.95. The van der Waals surface area contributed by atoms with Crippen molar-refractivity contribution in [2.75, 3.05) is 6.61 Å². The van der Waals surface area contributed by atoms with Crippen LogP contribution in [0.3, 0.4) is 0 Å². The zero-order valence-electron chi connectivity index (χ0n) is 10.3. The van der Waals surface area contributed by atoms with Gasteiger partial charge in [0.2, 0.25) is 0 Å². The SMILES string of the molecule is CCOC(=O)C(CC)C(O)c1cc(F)cc(F)c1. The normalized spacial score (nSPS) is 14.1. The van der Waals surface area contributed by atoms with Gasteiger partial charge >= 0.3 is 5.97 Å². The fraction of sp³-hybridized carbons (Fsp3) is 0.462. The van der Waals surface area contributed by atoms with Crippen LogP contribution < -0.4 is 0 Å². The molecule has 1 aromatic carbocycles. The average Bonchev–Trinajstić information content (AvgIpc) is 2.28. The van der Waals surface area contributed by atoms with E-state index in [0.29, 0.717) is 12.5 Å². The first-order chi connectivity index (χ1) is 8.49. The van der Waals surface area contributed by atoms with Crippen molar-refractivity contribution in [1.82, 2.24) is 0 Å². The van der Waals surface area contributed by atoms with E-state index in [4.69, 9.17) is 4.74 Å². The molecular weight excluding hydrogens is 242 g/mol. The van der Waals surface area contributed by atoms with E-state index in [9.17, 15) is 18.7 Å². The first-order valence-corrected chi connectivity index (χ1v) is 5.80. The average molecular weight is 258 g/mol. The number of aliphatic hydroxyl groups is 1. The summed E-state index contributed by atoms with van der Waals surface area (Å²) in [5.74, 6) is -2.98. The van der Waals surface area contributed by atoms with Gasteiger partial charge in [-0.3, -0.25) is 4.79 Å². The second-order valence-corrected chi connectivity index (χ2v) is 3.91. The van der Waals surface area contributed by atoms with Gasteiger partial charge in [-0.2, -0.15) is 0 Å². The van der Waals surface area contributed by atoms with Crippen molar-refractivity contribution in [3.8, 4) is 0 Å². The fourth-order valence-electron chi connectivity index (χ4n) is 1.75. The van der Waals surface area contributed by atoms with E-state index >= 15 is 0 Å². The van der Waals surface area contributed by atoms with E-state index in [0.717, 1.165) is 12.1 Å². The Morgan fingerprint density at radius 2 is 1.83 bits per heavy atom. The number of ether oxygens (including phenoxy) is 1. The summed E-state index contributed by atoms with van der Waals surface area (Å²) in [6, 6.07) is 2.73. The predicted octanol–water partition coefficient (Wildman–Crippen LogP) is 2.59. The Morgan fingerprint density at radius 3 is 2.28 bits per heavy atom. The van der Waals surface area contributed by atoms with Gasteiger partial charge in [-0.1, -0.05) is 6.92 Å². The molecule has 5 heteroatoms. The van der Waals surface area contributed by atoms with Crippen LogP contribution >= 0.6 is 0 Å². The molecule has 1 N–H and O–H groups in total. The third-order valence-electron chi connectivity index (χ3n) is 2.64. The van der Waals surface area contributed by atoms with Crippen molar-refractivity contribution in [3.05, 3.63) is 35.4 Å². The minimum absolute atomic E-state index is 0.0346. The molecule has 2 atom stereocenters. The Hall–Kier alpha value is -1.49. The van der Waals surface area contributed by atoms with Crippen molar-refractivity contribution in [2.45, 2.75) is 26.4 Å². The number of hydrogen-bond donors (Lipinski definition) is 1. The molecule has 0 saturated carbocycles. The van der Waals surface area contributed by atoms with Gasteiger partial charge in [0.05, 0.1) is 18.6 Å². The van der Waals surface area contributed by atoms with Crippen LogP contribution in [0.25, 0.3) is 0 Å². The summed E-state index contributed by atoms with van der Waals surface area (Å²) in [5, 5.41) is 9.99. The highest BCUT2D eigenvalue weighted by atomic mass is 19.1. The molecule has 1 aromatic rings. The molecule has 0 aliphatic carbocycles. The van der Waals surface area contributed by atoms with Gasteiger partial charge in [0.15, 0.2) is 0 Å². The topological polar surface area (TPSA) is 46.5 Å². The molecule has 0 bridgehead atoms. The van der Waals surface area contributed by atoms with Gasteiger partial charge in [-0.15, -0.1) is 0 Å². The molecule has 2 unspecified atom stereocenters. The lowest BCUT2D eigenvalue weighted by Crippen LogP contribution is -2.24. The minimum atomic E-state index is -1.28. The van der Waals surface area contributed by atoms with Crippen molar-refractivity contribution in [1.29, 1.82) is 0 Å². The summed E-state index contributed by atoms with van der Waals surface area (Å²) in [4.78, 5) is 11.6. The molecule has 0 aliphatic rings. The van der Waals surface area contributed by atoms with Gasteiger partial charge in [-0.25, -0.2) is 8.78 Å². The number of hydrogen-bond acceptors (Lipinski definition) is 3. The van der Waals surface area contributed by atoms with E-state index in [2.05, 4.69) is 0 Å². The zero-order chi connectivity index (χ0) is 13.7. The maximum Gasteiger partial charge on any atom is 0.311 e. The number of halogens is 2. The quantitative estimate of drug-likeness (QED) is 0.826. The fourth-order valence-corrected chi connectivity index (χ4v) is 1.75. The van der Waals surface area contributed by atoms with E-state index in [1.165, 1.54) is 0 Å². The van der Waals surface area contributed by atoms with Gasteiger partial charge in [-0.05, 0) is 31.0 Å². The molecule has 3 nitrogen and oxygen atoms in total. The molecule has 18 heavy (non-hydrogen) atoms. The standard InChI is InChI=1S/C13H16F2O3/c1-3-11(13(17)18-4-2)12(16)8-5-9(14)7-10(15)6-8/h5-7,11-12,16H,3-4H2,1-2H3. The molecule has 0 aromatic heterocycles. The van der Waals surface area contributed by atoms with Gasteiger partial charge in [0, 0.05) is 6.07 Å². The summed E-state index contributed by atoms with van der Waals surface area (Å²) in [6.07, 6.45) is -0.961. The molecule has 0 heterocycles. The minimum Gasteiger partial charge on any atom is -0.466 e. The maximum absolute atomic E-state index is 13.0. The number of esters is 1. The zero-order valence-corrected chi connectivity index (χ0v) is 10.3. The van der Waals surface area contributed by atoms with Crippen LogP contribution in [0.1, 0.15) is 31.9 Å². The lowest BCUT2D eigenvalue weighted by molar-refractivity contribution is -0.152. The Kier molecular flexibility index (Phi) is 5.22. The van der Waals surface area contributed by atoms with Crippen LogP contribution in [-0.4, -0.2) is 17.7 Å². The van der Waals surface area contributed by atoms with Crippen LogP contribution in [0.2, 0.25) is 0 Å². The summed E-state index contributed by atoms with van der Waals surface area (Å²) < 4.78 is 30.9. The van der Waals surface area contributed by atoms with Gasteiger partial charge in [0.25, 0.3) is 0 Å². The first kappa shape index (κ1) is 14.6. The summed E-state index contributed by atoms with van der Waals surface area (Å²) in [7, 11) is 0. The lowest BCUT2D eigenvalue weighted by atomic mass is 9.93. The van der Waals surface area contributed by atoms with Crippen molar-refractivity contribution in [2.24, 2.45) is 5.92 Å². The van der Waals surface area contributed by atoms with E-state index in [-0.39, 0.29) is 12.2 Å². The van der Waals surface area contributed by atoms with Crippen LogP contribution in [0.4, 0.5) is 8.78 Å². The third kappa shape index (κ3) is 3.50. The molecule has 0 saturated heterocycles. The van der Waals surface area contributed by atoms with Gasteiger partial charge < -0.3 is 9.84 Å². The van der Waals surface area contributed by atoms with Crippen molar-refractivity contribution < 1.29 is 23.4 Å². The maximum atomic E-state index is 13.0. The van der Waals surface area contributed by atoms with Gasteiger partial charge in [0.1, 0.15) is 11.6 Å². The Labute approximate surface area is 104 Å². The molecule has 100 valence electrons. The molecule has 0 aliphatic heterocycles. The van der Waals surface area contributed by atoms with Crippen LogP contribution in [0.5, 0.6) is 0 Å². The highest BCUT2D eigenvalue weighted by Gasteiger charge is 2.28. The number of benzene rings is 1. The number of rotatable bonds is 5. The van der Waals surface area contributed by atoms with Crippen LogP contribution in [-0.2, 0) is 9.53 Å². The largest absolute Gasteiger partial charge is 0.466 e. The summed E-state index contributed by atoms with van der Waals surface area (Å²) >= 11 is 0. The predicted molar refractivity (Wildman–Crippen MR) is 61.7 cm³/mol. The second-order valence-electron chi connectivity index (χ2n) is 3.91. The molecule has 1 rings (SSSR count). The van der Waals surface area contributed by atoms with Crippen molar-refractivity contribution >= 4 is 5.97 Å². The van der Waals surface area contributed by atoms with E-state index in [1.54, 1.807) is 13.8 Å². The van der Waals surface area contributed by atoms with Crippen LogP contribution in [0, 0.1) is 17.6 Å². The first-order valence-electron chi connectivity index (χ1n) is 5.80. The third-order valence-corrected chi connectivity index (χ3v) is 2.64. The molecule has 0 fully saturated rings. The summed E-state index contributed by atoms with van der Waals surface area (Å²) in [6.45, 7) is 3.54. The lowest BCUT2D eigenvalue weighted by Gasteiger charge is -2.20. The number of carbonyl (C=O) groups excluding carboxylic acids is 1. The monoisotopic (exact) mass is 258 g/mol. The number of aliphatic hydroxyl groups excluding tert-OH is 1. The van der Waals surface area contributed by atoms with E-state index in [1.807, 2.05) is 0 Å². The molecule has 0 spiro atoms. The highest BCUT2D eigenvalue weighted by molar-refractivity contribution is 5.73. The molecule has 0 amide bonds. The smallest absolute Gasteiger partial charge is 0.311 e.